The summed E-state index contributed by atoms with van der Waals surface area (Å²) < 4.78 is 0. The highest BCUT2D eigenvalue weighted by atomic mass is 16.3. The lowest BCUT2D eigenvalue weighted by Gasteiger charge is -2.40. The van der Waals surface area contributed by atoms with Gasteiger partial charge in [0.1, 0.15) is 5.75 Å². The average molecular weight is 451 g/mol. The third-order valence-electron chi connectivity index (χ3n) is 6.90. The summed E-state index contributed by atoms with van der Waals surface area (Å²) >= 11 is 0. The molecule has 2 saturated heterocycles. The van der Waals surface area contributed by atoms with Crippen molar-refractivity contribution in [3.05, 3.63) is 60.2 Å². The van der Waals surface area contributed by atoms with Crippen molar-refractivity contribution in [3.8, 4) is 5.75 Å². The Morgan fingerprint density at radius 3 is 2.24 bits per heavy atom. The lowest BCUT2D eigenvalue weighted by molar-refractivity contribution is -0.139. The number of para-hydroxylation sites is 2. The molecule has 2 aromatic rings. The SMILES string of the molecule is C[C@H](C(=O)N1CCN(Cc2ccccc2)CC1)N1CCC(C(=O)Nc2ccccc2O)CC1. The van der Waals surface area contributed by atoms with E-state index in [1.54, 1.807) is 24.3 Å². The number of hydrogen-bond acceptors (Lipinski definition) is 5. The van der Waals surface area contributed by atoms with Gasteiger partial charge in [0.25, 0.3) is 0 Å². The maximum absolute atomic E-state index is 13.1. The van der Waals surface area contributed by atoms with Crippen molar-refractivity contribution in [1.29, 1.82) is 0 Å². The van der Waals surface area contributed by atoms with Crippen molar-refractivity contribution in [3.63, 3.8) is 0 Å². The van der Waals surface area contributed by atoms with E-state index in [1.807, 2.05) is 17.9 Å². The minimum atomic E-state index is -0.173. The number of phenolic OH excluding ortho intramolecular Hbond substituents is 1. The van der Waals surface area contributed by atoms with Gasteiger partial charge < -0.3 is 15.3 Å². The van der Waals surface area contributed by atoms with Crippen molar-refractivity contribution >= 4 is 17.5 Å². The fourth-order valence-electron chi connectivity index (χ4n) is 4.75. The van der Waals surface area contributed by atoms with Gasteiger partial charge in [-0.2, -0.15) is 0 Å². The molecule has 0 saturated carbocycles. The molecular formula is C26H34N4O3. The number of phenols is 1. The molecule has 4 rings (SSSR count). The molecule has 2 aliphatic rings. The summed E-state index contributed by atoms with van der Waals surface area (Å²) in [6, 6.07) is 17.0. The Hall–Kier alpha value is -2.90. The molecule has 7 heteroatoms. The third-order valence-corrected chi connectivity index (χ3v) is 6.90. The first-order chi connectivity index (χ1) is 16.0. The number of aromatic hydroxyl groups is 1. The Labute approximate surface area is 196 Å². The van der Waals surface area contributed by atoms with Crippen molar-refractivity contribution in [2.45, 2.75) is 32.4 Å². The van der Waals surface area contributed by atoms with Gasteiger partial charge in [-0.3, -0.25) is 19.4 Å². The summed E-state index contributed by atoms with van der Waals surface area (Å²) in [5, 5.41) is 12.7. The second kappa shape index (κ2) is 10.8. The minimum Gasteiger partial charge on any atom is -0.506 e. The number of rotatable bonds is 6. The summed E-state index contributed by atoms with van der Waals surface area (Å²) in [5.74, 6) is 0.0900. The summed E-state index contributed by atoms with van der Waals surface area (Å²) in [7, 11) is 0. The van der Waals surface area contributed by atoms with Gasteiger partial charge in [-0.25, -0.2) is 0 Å². The number of piperazine rings is 1. The molecule has 2 fully saturated rings. The van der Waals surface area contributed by atoms with Gasteiger partial charge in [0, 0.05) is 38.6 Å². The minimum absolute atomic E-state index is 0.0651. The maximum atomic E-state index is 13.1. The highest BCUT2D eigenvalue weighted by Gasteiger charge is 2.32. The Balaban J connectivity index is 1.21. The van der Waals surface area contributed by atoms with Crippen molar-refractivity contribution < 1.29 is 14.7 Å². The number of hydrogen-bond donors (Lipinski definition) is 2. The molecule has 33 heavy (non-hydrogen) atoms. The molecule has 2 N–H and O–H groups in total. The summed E-state index contributed by atoms with van der Waals surface area (Å²) in [5.41, 5.74) is 1.75. The summed E-state index contributed by atoms with van der Waals surface area (Å²) in [4.78, 5) is 32.3. The monoisotopic (exact) mass is 450 g/mol. The lowest BCUT2D eigenvalue weighted by atomic mass is 9.94. The van der Waals surface area contributed by atoms with Crippen LogP contribution in [-0.2, 0) is 16.1 Å². The maximum Gasteiger partial charge on any atom is 0.239 e. The standard InChI is InChI=1S/C26H34N4O3/c1-20(26(33)30-17-15-28(16-18-30)19-21-7-3-2-4-8-21)29-13-11-22(12-14-29)25(32)27-23-9-5-6-10-24(23)31/h2-10,20,22,31H,11-19H2,1H3,(H,27,32)/t20-/m1/s1. The van der Waals surface area contributed by atoms with E-state index in [2.05, 4.69) is 39.4 Å². The molecule has 2 aliphatic heterocycles. The van der Waals surface area contributed by atoms with E-state index in [0.717, 1.165) is 45.8 Å². The van der Waals surface area contributed by atoms with Crippen LogP contribution in [0.15, 0.2) is 54.6 Å². The molecule has 176 valence electrons. The topological polar surface area (TPSA) is 76.1 Å². The Bertz CT molecular complexity index is 936. The molecule has 0 bridgehead atoms. The van der Waals surface area contributed by atoms with E-state index in [1.165, 1.54) is 5.56 Å². The van der Waals surface area contributed by atoms with Crippen LogP contribution in [0.2, 0.25) is 0 Å². The number of piperidine rings is 1. The summed E-state index contributed by atoms with van der Waals surface area (Å²) in [6.07, 6.45) is 1.42. The van der Waals surface area contributed by atoms with Gasteiger partial charge in [-0.15, -0.1) is 0 Å². The van der Waals surface area contributed by atoms with Crippen molar-refractivity contribution in [1.82, 2.24) is 14.7 Å². The number of likely N-dealkylation sites (tertiary alicyclic amines) is 1. The van der Waals surface area contributed by atoms with Gasteiger partial charge in [0.15, 0.2) is 0 Å². The normalized spacial score (nSPS) is 19.2. The van der Waals surface area contributed by atoms with Gasteiger partial charge in [0.2, 0.25) is 11.8 Å². The first-order valence-electron chi connectivity index (χ1n) is 11.9. The fourth-order valence-corrected chi connectivity index (χ4v) is 4.75. The highest BCUT2D eigenvalue weighted by molar-refractivity contribution is 5.94. The van der Waals surface area contributed by atoms with Crippen LogP contribution in [0.5, 0.6) is 5.75 Å². The van der Waals surface area contributed by atoms with Crippen LogP contribution in [0.4, 0.5) is 5.69 Å². The van der Waals surface area contributed by atoms with E-state index in [-0.39, 0.29) is 29.5 Å². The van der Waals surface area contributed by atoms with E-state index < -0.39 is 0 Å². The zero-order chi connectivity index (χ0) is 23.2. The predicted molar refractivity (Wildman–Crippen MR) is 129 cm³/mol. The molecule has 1 atom stereocenters. The third kappa shape index (κ3) is 5.92. The van der Waals surface area contributed by atoms with Crippen LogP contribution in [0.3, 0.4) is 0 Å². The van der Waals surface area contributed by atoms with Crippen LogP contribution < -0.4 is 5.32 Å². The molecule has 0 spiro atoms. The molecule has 2 amide bonds. The number of nitrogens with one attached hydrogen (secondary N) is 1. The number of carbonyl (C=O) groups is 2. The van der Waals surface area contributed by atoms with E-state index >= 15 is 0 Å². The Morgan fingerprint density at radius 1 is 0.939 bits per heavy atom. The molecule has 0 unspecified atom stereocenters. The smallest absolute Gasteiger partial charge is 0.239 e. The van der Waals surface area contributed by atoms with Crippen molar-refractivity contribution in [2.24, 2.45) is 5.92 Å². The molecule has 2 aromatic carbocycles. The fraction of sp³-hybridized carbons (Fsp3) is 0.462. The van der Waals surface area contributed by atoms with Gasteiger partial charge >= 0.3 is 0 Å². The van der Waals surface area contributed by atoms with Gasteiger partial charge in [-0.1, -0.05) is 42.5 Å². The zero-order valence-corrected chi connectivity index (χ0v) is 19.3. The Morgan fingerprint density at radius 2 is 1.58 bits per heavy atom. The van der Waals surface area contributed by atoms with Crippen LogP contribution in [0, 0.1) is 5.92 Å². The van der Waals surface area contributed by atoms with Crippen LogP contribution in [0.1, 0.15) is 25.3 Å². The molecule has 2 heterocycles. The molecular weight excluding hydrogens is 416 g/mol. The van der Waals surface area contributed by atoms with Crippen LogP contribution >= 0.6 is 0 Å². The number of carbonyl (C=O) groups excluding carboxylic acids is 2. The molecule has 0 radical (unpaired) electrons. The molecule has 7 nitrogen and oxygen atoms in total. The predicted octanol–water partition coefficient (Wildman–Crippen LogP) is 2.78. The first-order valence-corrected chi connectivity index (χ1v) is 11.9. The quantitative estimate of drug-likeness (QED) is 0.662. The second-order valence-electron chi connectivity index (χ2n) is 9.08. The zero-order valence-electron chi connectivity index (χ0n) is 19.3. The van der Waals surface area contributed by atoms with Crippen LogP contribution in [0.25, 0.3) is 0 Å². The Kier molecular flexibility index (Phi) is 7.62. The van der Waals surface area contributed by atoms with E-state index in [0.29, 0.717) is 18.5 Å². The summed E-state index contributed by atoms with van der Waals surface area (Å²) in [6.45, 7) is 7.66. The largest absolute Gasteiger partial charge is 0.506 e. The second-order valence-corrected chi connectivity index (χ2v) is 9.08. The lowest BCUT2D eigenvalue weighted by Crippen LogP contribution is -2.55. The van der Waals surface area contributed by atoms with Crippen LogP contribution in [-0.4, -0.2) is 76.9 Å². The number of amides is 2. The van der Waals surface area contributed by atoms with Gasteiger partial charge in [-0.05, 0) is 50.6 Å². The molecule has 0 aliphatic carbocycles. The van der Waals surface area contributed by atoms with E-state index in [4.69, 9.17) is 0 Å². The highest BCUT2D eigenvalue weighted by Crippen LogP contribution is 2.25. The molecule has 0 aromatic heterocycles. The van der Waals surface area contributed by atoms with Crippen molar-refractivity contribution in [2.75, 3.05) is 44.6 Å². The number of nitrogens with zero attached hydrogens (tertiary/aromatic N) is 3. The average Bonchev–Trinajstić information content (AvgIpc) is 2.86. The first kappa shape index (κ1) is 23.3. The number of benzene rings is 2. The number of anilines is 1. The van der Waals surface area contributed by atoms with E-state index in [9.17, 15) is 14.7 Å². The van der Waals surface area contributed by atoms with Gasteiger partial charge in [0.05, 0.1) is 11.7 Å².